The number of amidine groups is 1. The molecule has 0 saturated carbocycles. The summed E-state index contributed by atoms with van der Waals surface area (Å²) in [6.07, 6.45) is 4.40. The Balaban J connectivity index is 1.21. The number of nitrogens with one attached hydrogen (secondary N) is 1. The zero-order valence-corrected chi connectivity index (χ0v) is 28.4. The maximum atomic E-state index is 13.8. The van der Waals surface area contributed by atoms with E-state index in [1.54, 1.807) is 48.7 Å². The fraction of sp³-hybridized carbons (Fsp3) is 0.389. The number of amides is 2. The van der Waals surface area contributed by atoms with Crippen LogP contribution in [-0.2, 0) is 37.3 Å². The third kappa shape index (κ3) is 9.86. The van der Waals surface area contributed by atoms with Crippen LogP contribution < -0.4 is 16.0 Å². The minimum atomic E-state index is -0.696. The van der Waals surface area contributed by atoms with Crippen molar-refractivity contribution in [3.8, 4) is 0 Å². The fourth-order valence-electron chi connectivity index (χ4n) is 5.34. The van der Waals surface area contributed by atoms with Crippen molar-refractivity contribution in [3.05, 3.63) is 83.8 Å². The molecule has 1 saturated heterocycles. The molecule has 14 nitrogen and oxygen atoms in total. The molecule has 264 valence electrons. The van der Waals surface area contributed by atoms with Crippen LogP contribution in [0.3, 0.4) is 0 Å². The summed E-state index contributed by atoms with van der Waals surface area (Å²) < 4.78 is 22.9. The lowest BCUT2D eigenvalue weighted by molar-refractivity contribution is -0.183. The summed E-state index contributed by atoms with van der Waals surface area (Å²) in [6.45, 7) is 3.63. The molecule has 4 aromatic rings. The number of carbonyl (C=O) groups excluding carboxylic acids is 3. The summed E-state index contributed by atoms with van der Waals surface area (Å²) in [6, 6.07) is 17.8. The number of benzene rings is 2. The average Bonchev–Trinajstić information content (AvgIpc) is 3.45. The van der Waals surface area contributed by atoms with Crippen molar-refractivity contribution < 1.29 is 33.3 Å². The number of nitrogens with two attached hydrogens (primary N) is 1. The molecule has 0 aliphatic carbocycles. The Morgan fingerprint density at radius 3 is 2.56 bits per heavy atom. The first kappa shape index (κ1) is 36.0. The molecule has 0 atom stereocenters. The van der Waals surface area contributed by atoms with Crippen molar-refractivity contribution in [1.29, 1.82) is 0 Å². The second-order valence-electron chi connectivity index (χ2n) is 11.8. The van der Waals surface area contributed by atoms with E-state index in [0.717, 1.165) is 42.7 Å². The highest BCUT2D eigenvalue weighted by Gasteiger charge is 2.24. The van der Waals surface area contributed by atoms with Crippen molar-refractivity contribution in [3.63, 3.8) is 0 Å². The number of hydrogen-bond donors (Lipinski definition) is 2. The number of pyridine rings is 1. The van der Waals surface area contributed by atoms with E-state index >= 15 is 0 Å². The Morgan fingerprint density at radius 1 is 1.04 bits per heavy atom. The Morgan fingerprint density at radius 2 is 1.82 bits per heavy atom. The van der Waals surface area contributed by atoms with Gasteiger partial charge in [0.2, 0.25) is 0 Å². The van der Waals surface area contributed by atoms with Gasteiger partial charge in [-0.3, -0.25) is 14.5 Å². The molecule has 0 bridgehead atoms. The fourth-order valence-corrected chi connectivity index (χ4v) is 5.34. The Labute approximate surface area is 290 Å². The molecule has 2 amide bonds. The van der Waals surface area contributed by atoms with Crippen LogP contribution in [0.5, 0.6) is 0 Å². The van der Waals surface area contributed by atoms with Gasteiger partial charge in [0.1, 0.15) is 30.4 Å². The van der Waals surface area contributed by atoms with Gasteiger partial charge >= 0.3 is 12.1 Å². The van der Waals surface area contributed by atoms with Crippen molar-refractivity contribution in [1.82, 2.24) is 14.5 Å². The number of nitrogens with zero attached hydrogens (tertiary/aromatic N) is 5. The standard InChI is InChI=1S/C36H43N7O7/c1-3-4-5-8-19-49-36(46)41-34(37)25-10-13-27(14-11-25)39-21-32-40-29-20-26(12-15-30(29)42(32)2)35(45)43(31-9-6-7-17-38-31)18-16-33(44)50-28-22-47-24-48-23-28/h6-7,9-15,17,20,28,39H,3-5,8,16,18-19,21-24H2,1-2H3,(H2,37,41,46). The highest BCUT2D eigenvalue weighted by molar-refractivity contribution is 6.07. The number of fused-ring (bicyclic) bond motifs is 1. The lowest BCUT2D eigenvalue weighted by Crippen LogP contribution is -2.36. The normalized spacial score (nSPS) is 13.6. The lowest BCUT2D eigenvalue weighted by atomic mass is 10.1. The maximum absolute atomic E-state index is 13.8. The number of aliphatic imine (C=N–C) groups is 1. The van der Waals surface area contributed by atoms with Crippen LogP contribution in [0.1, 0.15) is 60.8 Å². The smallest absolute Gasteiger partial charge is 0.435 e. The van der Waals surface area contributed by atoms with E-state index < -0.39 is 18.2 Å². The predicted molar refractivity (Wildman–Crippen MR) is 188 cm³/mol. The minimum absolute atomic E-state index is 0.0352. The summed E-state index contributed by atoms with van der Waals surface area (Å²) in [5.74, 6) is 0.460. The molecule has 1 aliphatic heterocycles. The molecule has 2 aromatic carbocycles. The second-order valence-corrected chi connectivity index (χ2v) is 11.8. The number of carbonyl (C=O) groups is 3. The molecule has 3 heterocycles. The van der Waals surface area contributed by atoms with Crippen LogP contribution in [0, 0.1) is 0 Å². The van der Waals surface area contributed by atoms with Crippen LogP contribution in [0.15, 0.2) is 71.9 Å². The molecule has 0 unspecified atom stereocenters. The Hall–Kier alpha value is -5.34. The monoisotopic (exact) mass is 685 g/mol. The molecule has 50 heavy (non-hydrogen) atoms. The van der Waals surface area contributed by atoms with E-state index in [4.69, 9.17) is 29.7 Å². The molecule has 5 rings (SSSR count). The first-order valence-electron chi connectivity index (χ1n) is 16.7. The highest BCUT2D eigenvalue weighted by atomic mass is 16.7. The number of unbranched alkanes of at least 4 members (excludes halogenated alkanes) is 3. The molecule has 1 aliphatic rings. The van der Waals surface area contributed by atoms with Crippen molar-refractivity contribution >= 4 is 46.3 Å². The predicted octanol–water partition coefficient (Wildman–Crippen LogP) is 4.96. The summed E-state index contributed by atoms with van der Waals surface area (Å²) in [5, 5.41) is 3.35. The van der Waals surface area contributed by atoms with Gasteiger partial charge in [0.15, 0.2) is 0 Å². The zero-order valence-electron chi connectivity index (χ0n) is 28.4. The number of rotatable bonds is 15. The zero-order chi connectivity index (χ0) is 35.3. The van der Waals surface area contributed by atoms with Crippen LogP contribution in [0.4, 0.5) is 16.3 Å². The molecular formula is C36H43N7O7. The molecular weight excluding hydrogens is 642 g/mol. The van der Waals surface area contributed by atoms with Crippen molar-refractivity contribution in [2.45, 2.75) is 51.7 Å². The van der Waals surface area contributed by atoms with Gasteiger partial charge in [0.25, 0.3) is 5.91 Å². The second kappa shape index (κ2) is 17.9. The van der Waals surface area contributed by atoms with E-state index in [9.17, 15) is 14.4 Å². The molecule has 2 aromatic heterocycles. The number of imidazole rings is 1. The minimum Gasteiger partial charge on any atom is -0.457 e. The highest BCUT2D eigenvalue weighted by Crippen LogP contribution is 2.22. The van der Waals surface area contributed by atoms with Gasteiger partial charge in [0.05, 0.1) is 43.8 Å². The SMILES string of the molecule is CCCCCCOC(=O)N=C(N)c1ccc(NCc2nc3cc(C(=O)N(CCC(=O)OC4COCOC4)c4ccccn4)ccc3n2C)cc1. The van der Waals surface area contributed by atoms with Crippen molar-refractivity contribution in [2.75, 3.05) is 43.4 Å². The molecule has 3 N–H and O–H groups in total. The Kier molecular flexibility index (Phi) is 12.9. The quantitative estimate of drug-likeness (QED) is 0.0750. The van der Waals surface area contributed by atoms with Gasteiger partial charge in [-0.15, -0.1) is 0 Å². The van der Waals surface area contributed by atoms with E-state index in [1.807, 2.05) is 29.8 Å². The number of esters is 1. The van der Waals surface area contributed by atoms with Crippen molar-refractivity contribution in [2.24, 2.45) is 17.8 Å². The Bertz CT molecular complexity index is 1770. The van der Waals surface area contributed by atoms with E-state index in [0.29, 0.717) is 35.6 Å². The van der Waals surface area contributed by atoms with Crippen LogP contribution >= 0.6 is 0 Å². The summed E-state index contributed by atoms with van der Waals surface area (Å²) >= 11 is 0. The van der Waals surface area contributed by atoms with E-state index in [2.05, 4.69) is 22.2 Å². The van der Waals surface area contributed by atoms with Crippen LogP contribution in [0.2, 0.25) is 0 Å². The summed E-state index contributed by atoms with van der Waals surface area (Å²) in [4.78, 5) is 52.9. The van der Waals surface area contributed by atoms with Gasteiger partial charge in [-0.25, -0.2) is 14.8 Å². The van der Waals surface area contributed by atoms with Gasteiger partial charge in [0, 0.05) is 36.6 Å². The maximum Gasteiger partial charge on any atom is 0.435 e. The number of hydrogen-bond acceptors (Lipinski definition) is 10. The number of aryl methyl sites for hydroxylation is 1. The third-order valence-electron chi connectivity index (χ3n) is 8.07. The molecule has 0 spiro atoms. The number of anilines is 2. The number of aromatic nitrogens is 3. The van der Waals surface area contributed by atoms with Gasteiger partial charge in [-0.05, 0) is 61.0 Å². The number of ether oxygens (including phenoxy) is 4. The third-order valence-corrected chi connectivity index (χ3v) is 8.07. The van der Waals surface area contributed by atoms with Gasteiger partial charge < -0.3 is 34.6 Å². The first-order chi connectivity index (χ1) is 24.3. The van der Waals surface area contributed by atoms with Gasteiger partial charge in [-0.2, -0.15) is 4.99 Å². The largest absolute Gasteiger partial charge is 0.457 e. The van der Waals surface area contributed by atoms with E-state index in [-0.39, 0.29) is 44.7 Å². The van der Waals surface area contributed by atoms with Crippen LogP contribution in [-0.4, -0.2) is 77.6 Å². The van der Waals surface area contributed by atoms with E-state index in [1.165, 1.54) is 4.90 Å². The average molecular weight is 686 g/mol. The molecule has 0 radical (unpaired) electrons. The lowest BCUT2D eigenvalue weighted by Gasteiger charge is -2.24. The molecule has 1 fully saturated rings. The molecule has 14 heteroatoms. The first-order valence-corrected chi connectivity index (χ1v) is 16.7. The van der Waals surface area contributed by atoms with Crippen LogP contribution in [0.25, 0.3) is 11.0 Å². The summed E-state index contributed by atoms with van der Waals surface area (Å²) in [5.41, 5.74) is 9.34. The summed E-state index contributed by atoms with van der Waals surface area (Å²) in [7, 11) is 1.91. The topological polar surface area (TPSA) is 172 Å². The van der Waals surface area contributed by atoms with Gasteiger partial charge in [-0.1, -0.05) is 32.3 Å².